The van der Waals surface area contributed by atoms with Crippen LogP contribution in [0.4, 0.5) is 8.78 Å². The number of benzene rings is 1. The Bertz CT molecular complexity index is 366. The number of ketones is 1. The van der Waals surface area contributed by atoms with Gasteiger partial charge in [-0.15, -0.1) is 0 Å². The van der Waals surface area contributed by atoms with Crippen LogP contribution in [-0.2, 0) is 0 Å². The van der Waals surface area contributed by atoms with E-state index in [4.69, 9.17) is 16.3 Å². The van der Waals surface area contributed by atoms with E-state index in [1.165, 1.54) is 13.2 Å². The van der Waals surface area contributed by atoms with Gasteiger partial charge in [0, 0.05) is 0 Å². The van der Waals surface area contributed by atoms with Crippen LogP contribution in [0.25, 0.3) is 0 Å². The third-order valence-corrected chi connectivity index (χ3v) is 2.05. The Labute approximate surface area is 84.4 Å². The minimum Gasteiger partial charge on any atom is -0.495 e. The molecule has 0 saturated carbocycles. The molecule has 0 atom stereocenters. The summed E-state index contributed by atoms with van der Waals surface area (Å²) in [7, 11) is 1.32. The van der Waals surface area contributed by atoms with E-state index in [1.807, 2.05) is 0 Å². The van der Waals surface area contributed by atoms with Gasteiger partial charge in [0.2, 0.25) is 0 Å². The molecule has 5 heteroatoms. The van der Waals surface area contributed by atoms with E-state index in [9.17, 15) is 13.6 Å². The van der Waals surface area contributed by atoms with Crippen LogP contribution < -0.4 is 4.74 Å². The van der Waals surface area contributed by atoms with Gasteiger partial charge in [0.15, 0.2) is 12.5 Å². The van der Waals surface area contributed by atoms with Crippen LogP contribution in [0.3, 0.4) is 0 Å². The number of carbonyl (C=O) groups is 1. The highest BCUT2D eigenvalue weighted by Crippen LogP contribution is 2.30. The second kappa shape index (κ2) is 4.37. The molecular formula is C9H7ClF2O2. The zero-order valence-corrected chi connectivity index (χ0v) is 8.07. The molecule has 0 unspecified atom stereocenters. The van der Waals surface area contributed by atoms with E-state index >= 15 is 0 Å². The zero-order valence-electron chi connectivity index (χ0n) is 7.31. The van der Waals surface area contributed by atoms with E-state index < -0.39 is 23.8 Å². The average molecular weight is 221 g/mol. The number of hydrogen-bond acceptors (Lipinski definition) is 2. The summed E-state index contributed by atoms with van der Waals surface area (Å²) < 4.78 is 29.9. The summed E-state index contributed by atoms with van der Waals surface area (Å²) in [4.78, 5) is 11.0. The molecule has 1 aromatic rings. The highest BCUT2D eigenvalue weighted by Gasteiger charge is 2.18. The Kier molecular flexibility index (Phi) is 3.41. The van der Waals surface area contributed by atoms with Crippen molar-refractivity contribution in [2.75, 3.05) is 13.8 Å². The van der Waals surface area contributed by atoms with Gasteiger partial charge in [0.25, 0.3) is 0 Å². The lowest BCUT2D eigenvalue weighted by molar-refractivity contribution is 0.0954. The molecule has 0 fully saturated rings. The summed E-state index contributed by atoms with van der Waals surface area (Å²) in [6, 6.07) is 2.28. The summed E-state index contributed by atoms with van der Waals surface area (Å²) in [5.74, 6) is -1.70. The van der Waals surface area contributed by atoms with Gasteiger partial charge in [-0.2, -0.15) is 0 Å². The SMILES string of the molecule is COc1ccc(F)c(C(=O)CF)c1Cl. The molecule has 0 aliphatic carbocycles. The molecule has 0 aliphatic rings. The molecule has 76 valence electrons. The van der Waals surface area contributed by atoms with Crippen molar-refractivity contribution >= 4 is 17.4 Å². The molecule has 0 aromatic heterocycles. The van der Waals surface area contributed by atoms with Gasteiger partial charge in [0.05, 0.1) is 17.7 Å². The highest BCUT2D eigenvalue weighted by molar-refractivity contribution is 6.35. The van der Waals surface area contributed by atoms with E-state index in [-0.39, 0.29) is 10.8 Å². The zero-order chi connectivity index (χ0) is 10.7. The van der Waals surface area contributed by atoms with Crippen LogP contribution >= 0.6 is 11.6 Å². The van der Waals surface area contributed by atoms with Gasteiger partial charge in [-0.25, -0.2) is 8.78 Å². The van der Waals surface area contributed by atoms with Crippen LogP contribution in [-0.4, -0.2) is 19.6 Å². The van der Waals surface area contributed by atoms with E-state index in [1.54, 1.807) is 0 Å². The summed E-state index contributed by atoms with van der Waals surface area (Å²) in [6.45, 7) is -1.29. The molecule has 1 rings (SSSR count). The lowest BCUT2D eigenvalue weighted by Crippen LogP contribution is -2.06. The number of methoxy groups -OCH3 is 1. The van der Waals surface area contributed by atoms with Crippen molar-refractivity contribution in [1.82, 2.24) is 0 Å². The first kappa shape index (κ1) is 10.9. The topological polar surface area (TPSA) is 26.3 Å². The minimum absolute atomic E-state index is 0.143. The predicted octanol–water partition coefficient (Wildman–Crippen LogP) is 2.64. The molecule has 14 heavy (non-hydrogen) atoms. The second-order valence-corrected chi connectivity index (χ2v) is 2.87. The molecule has 1 aromatic carbocycles. The number of rotatable bonds is 3. The van der Waals surface area contributed by atoms with Gasteiger partial charge in [-0.3, -0.25) is 4.79 Å². The Morgan fingerprint density at radius 2 is 2.21 bits per heavy atom. The van der Waals surface area contributed by atoms with E-state index in [2.05, 4.69) is 0 Å². The summed E-state index contributed by atoms with van der Waals surface area (Å²) >= 11 is 5.64. The fourth-order valence-corrected chi connectivity index (χ4v) is 1.35. The number of alkyl halides is 1. The Morgan fingerprint density at radius 1 is 1.57 bits per heavy atom. The normalized spacial score (nSPS) is 10.0. The monoisotopic (exact) mass is 220 g/mol. The number of halogens is 3. The molecule has 0 amide bonds. The molecule has 0 radical (unpaired) electrons. The molecule has 2 nitrogen and oxygen atoms in total. The molecular weight excluding hydrogens is 214 g/mol. The highest BCUT2D eigenvalue weighted by atomic mass is 35.5. The van der Waals surface area contributed by atoms with Crippen LogP contribution in [0.2, 0.25) is 5.02 Å². The van der Waals surface area contributed by atoms with Crippen molar-refractivity contribution < 1.29 is 18.3 Å². The summed E-state index contributed by atoms with van der Waals surface area (Å²) in [5, 5.41) is -0.199. The quantitative estimate of drug-likeness (QED) is 0.732. The Morgan fingerprint density at radius 3 is 2.71 bits per heavy atom. The van der Waals surface area contributed by atoms with Crippen LogP contribution in [0.5, 0.6) is 5.75 Å². The third kappa shape index (κ3) is 1.85. The van der Waals surface area contributed by atoms with Crippen molar-refractivity contribution in [3.63, 3.8) is 0 Å². The third-order valence-electron chi connectivity index (χ3n) is 1.68. The molecule has 0 bridgehead atoms. The first-order valence-electron chi connectivity index (χ1n) is 3.73. The Balaban J connectivity index is 3.32. The van der Waals surface area contributed by atoms with E-state index in [0.29, 0.717) is 0 Å². The van der Waals surface area contributed by atoms with Gasteiger partial charge >= 0.3 is 0 Å². The first-order valence-corrected chi connectivity index (χ1v) is 4.10. The van der Waals surface area contributed by atoms with Gasteiger partial charge < -0.3 is 4.74 Å². The lowest BCUT2D eigenvalue weighted by atomic mass is 10.1. The van der Waals surface area contributed by atoms with Crippen LogP contribution in [0.1, 0.15) is 10.4 Å². The maximum Gasteiger partial charge on any atom is 0.198 e. The number of Topliss-reactive ketones (excluding diaryl/α,β-unsaturated/α-hetero) is 1. The van der Waals surface area contributed by atoms with Gasteiger partial charge in [0.1, 0.15) is 11.6 Å². The van der Waals surface area contributed by atoms with Gasteiger partial charge in [-0.05, 0) is 12.1 Å². The number of ether oxygens (including phenoxy) is 1. The predicted molar refractivity (Wildman–Crippen MR) is 48.3 cm³/mol. The molecule has 0 N–H and O–H groups in total. The Hall–Kier alpha value is -1.16. The van der Waals surface area contributed by atoms with Crippen molar-refractivity contribution in [2.45, 2.75) is 0 Å². The fourth-order valence-electron chi connectivity index (χ4n) is 1.01. The molecule has 0 saturated heterocycles. The maximum atomic E-state index is 13.1. The smallest absolute Gasteiger partial charge is 0.198 e. The summed E-state index contributed by atoms with van der Waals surface area (Å²) in [6.07, 6.45) is 0. The first-order chi connectivity index (χ1) is 6.61. The minimum atomic E-state index is -1.29. The van der Waals surface area contributed by atoms with Crippen molar-refractivity contribution in [2.24, 2.45) is 0 Å². The van der Waals surface area contributed by atoms with Crippen molar-refractivity contribution in [1.29, 1.82) is 0 Å². The largest absolute Gasteiger partial charge is 0.495 e. The number of carbonyl (C=O) groups excluding carboxylic acids is 1. The molecule has 0 aliphatic heterocycles. The van der Waals surface area contributed by atoms with E-state index in [0.717, 1.165) is 6.07 Å². The fraction of sp³-hybridized carbons (Fsp3) is 0.222. The molecule has 0 spiro atoms. The number of hydrogen-bond donors (Lipinski definition) is 0. The second-order valence-electron chi connectivity index (χ2n) is 2.50. The average Bonchev–Trinajstić information content (AvgIpc) is 2.18. The lowest BCUT2D eigenvalue weighted by Gasteiger charge is -2.07. The summed E-state index contributed by atoms with van der Waals surface area (Å²) in [5.41, 5.74) is -0.464. The van der Waals surface area contributed by atoms with Crippen LogP contribution in [0.15, 0.2) is 12.1 Å². The maximum absolute atomic E-state index is 13.1. The van der Waals surface area contributed by atoms with Crippen molar-refractivity contribution in [3.8, 4) is 5.75 Å². The van der Waals surface area contributed by atoms with Crippen LogP contribution in [0, 0.1) is 5.82 Å². The van der Waals surface area contributed by atoms with Crippen molar-refractivity contribution in [3.05, 3.63) is 28.5 Å². The van der Waals surface area contributed by atoms with Gasteiger partial charge in [-0.1, -0.05) is 11.6 Å². The molecule has 0 heterocycles. The standard InChI is InChI=1S/C9H7ClF2O2/c1-14-7-3-2-5(12)8(9(7)10)6(13)4-11/h2-3H,4H2,1H3.